The van der Waals surface area contributed by atoms with Gasteiger partial charge in [0.25, 0.3) is 0 Å². The first-order valence-corrected chi connectivity index (χ1v) is 12.9. The summed E-state index contributed by atoms with van der Waals surface area (Å²) < 4.78 is 61.0. The van der Waals surface area contributed by atoms with Crippen molar-refractivity contribution >= 4 is 10.8 Å². The highest BCUT2D eigenvalue weighted by Gasteiger charge is 2.13. The number of hydrogen-bond acceptors (Lipinski definition) is 2. The number of halogens is 4. The van der Waals surface area contributed by atoms with Crippen molar-refractivity contribution in [1.82, 2.24) is 4.98 Å². The molecule has 0 fully saturated rings. The molecule has 6 heteroatoms. The second kappa shape index (κ2) is 12.7. The first kappa shape index (κ1) is 26.6. The van der Waals surface area contributed by atoms with Gasteiger partial charge in [-0.25, -0.2) is 17.6 Å². The van der Waals surface area contributed by atoms with Crippen LogP contribution in [0.25, 0.3) is 10.8 Å². The van der Waals surface area contributed by atoms with E-state index in [0.717, 1.165) is 53.8 Å². The quantitative estimate of drug-likeness (QED) is 0.109. The van der Waals surface area contributed by atoms with E-state index in [4.69, 9.17) is 4.74 Å². The Kier molecular flexibility index (Phi) is 9.15. The second-order valence-corrected chi connectivity index (χ2v) is 9.36. The van der Waals surface area contributed by atoms with E-state index in [1.807, 2.05) is 30.3 Å². The Bertz CT molecular complexity index is 1310. The molecule has 0 unspecified atom stereocenters. The van der Waals surface area contributed by atoms with E-state index in [0.29, 0.717) is 17.6 Å². The van der Waals surface area contributed by atoms with E-state index in [-0.39, 0.29) is 24.2 Å². The first-order valence-electron chi connectivity index (χ1n) is 12.9. The molecule has 0 N–H and O–H groups in total. The van der Waals surface area contributed by atoms with Gasteiger partial charge in [0, 0.05) is 11.1 Å². The fourth-order valence-corrected chi connectivity index (χ4v) is 4.40. The summed E-state index contributed by atoms with van der Waals surface area (Å²) >= 11 is 0. The third-order valence-corrected chi connectivity index (χ3v) is 6.56. The Labute approximate surface area is 215 Å². The lowest BCUT2D eigenvalue weighted by atomic mass is 9.98. The van der Waals surface area contributed by atoms with Gasteiger partial charge in [-0.15, -0.1) is 0 Å². The molecular weight excluding hydrogens is 478 g/mol. The van der Waals surface area contributed by atoms with Gasteiger partial charge in [0.2, 0.25) is 0 Å². The van der Waals surface area contributed by atoms with Gasteiger partial charge in [0.15, 0.2) is 17.5 Å². The van der Waals surface area contributed by atoms with E-state index in [1.54, 1.807) is 18.3 Å². The van der Waals surface area contributed by atoms with Crippen molar-refractivity contribution in [2.45, 2.75) is 58.3 Å². The number of pyridine rings is 1. The van der Waals surface area contributed by atoms with Crippen LogP contribution in [0.1, 0.15) is 55.0 Å². The predicted molar refractivity (Wildman–Crippen MR) is 139 cm³/mol. The topological polar surface area (TPSA) is 22.1 Å². The Morgan fingerprint density at radius 3 is 2.22 bits per heavy atom. The smallest absolute Gasteiger partial charge is 0.194 e. The third-order valence-electron chi connectivity index (χ3n) is 6.56. The predicted octanol–water partition coefficient (Wildman–Crippen LogP) is 8.32. The van der Waals surface area contributed by atoms with E-state index in [2.05, 4.69) is 11.9 Å². The normalized spacial score (nSPS) is 11.3. The summed E-state index contributed by atoms with van der Waals surface area (Å²) in [4.78, 5) is 4.51. The minimum absolute atomic E-state index is 0.199. The van der Waals surface area contributed by atoms with Crippen LogP contribution in [-0.4, -0.2) is 11.6 Å². The van der Waals surface area contributed by atoms with Crippen LogP contribution in [0.5, 0.6) is 5.75 Å². The van der Waals surface area contributed by atoms with Crippen LogP contribution in [0, 0.1) is 23.3 Å². The Hall–Kier alpha value is -3.41. The standard InChI is InChI=1S/C31H31F4NO/c1-2-3-4-5-16-37-26-14-13-25(36-20-26)12-7-21-8-15-27-24(17-21)11-10-23(30(27)34)9-6-22-18-28(32)31(35)29(33)19-22/h8,10-11,13-15,17-20H,2-7,9,12,16H2,1H3. The van der Waals surface area contributed by atoms with Gasteiger partial charge >= 0.3 is 0 Å². The number of ether oxygens (including phenoxy) is 1. The van der Waals surface area contributed by atoms with Crippen molar-refractivity contribution in [3.05, 3.63) is 106 Å². The lowest BCUT2D eigenvalue weighted by Crippen LogP contribution is -2.00. The van der Waals surface area contributed by atoms with Crippen molar-refractivity contribution in [1.29, 1.82) is 0 Å². The molecule has 4 rings (SSSR count). The number of benzene rings is 3. The molecular formula is C31H31F4NO. The van der Waals surface area contributed by atoms with Crippen LogP contribution >= 0.6 is 0 Å². The van der Waals surface area contributed by atoms with Gasteiger partial charge in [-0.05, 0) is 78.4 Å². The highest BCUT2D eigenvalue weighted by atomic mass is 19.2. The first-order chi connectivity index (χ1) is 17.9. The zero-order valence-corrected chi connectivity index (χ0v) is 21.0. The number of aromatic nitrogens is 1. The van der Waals surface area contributed by atoms with Gasteiger partial charge in [-0.1, -0.05) is 56.5 Å². The summed E-state index contributed by atoms with van der Waals surface area (Å²) in [6, 6.07) is 15.0. The fraction of sp³-hybridized carbons (Fsp3) is 0.323. The maximum absolute atomic E-state index is 15.1. The van der Waals surface area contributed by atoms with Crippen molar-refractivity contribution in [3.63, 3.8) is 0 Å². The molecule has 0 saturated heterocycles. The summed E-state index contributed by atoms with van der Waals surface area (Å²) in [5.74, 6) is -3.53. The van der Waals surface area contributed by atoms with Crippen molar-refractivity contribution < 1.29 is 22.3 Å². The molecule has 0 saturated carbocycles. The molecule has 0 radical (unpaired) electrons. The zero-order valence-electron chi connectivity index (χ0n) is 21.0. The van der Waals surface area contributed by atoms with Gasteiger partial charge in [-0.3, -0.25) is 4.98 Å². The molecule has 0 aliphatic rings. The van der Waals surface area contributed by atoms with Gasteiger partial charge in [-0.2, -0.15) is 0 Å². The molecule has 194 valence electrons. The Morgan fingerprint density at radius 2 is 1.49 bits per heavy atom. The molecule has 0 atom stereocenters. The molecule has 0 aliphatic heterocycles. The monoisotopic (exact) mass is 509 g/mol. The molecule has 1 aromatic heterocycles. The van der Waals surface area contributed by atoms with Crippen LogP contribution in [0.15, 0.2) is 60.8 Å². The molecule has 2 nitrogen and oxygen atoms in total. The van der Waals surface area contributed by atoms with Crippen LogP contribution in [0.4, 0.5) is 17.6 Å². The number of unbranched alkanes of at least 4 members (excludes halogenated alkanes) is 3. The van der Waals surface area contributed by atoms with E-state index in [9.17, 15) is 13.2 Å². The van der Waals surface area contributed by atoms with Gasteiger partial charge in [0.05, 0.1) is 12.8 Å². The van der Waals surface area contributed by atoms with Crippen molar-refractivity contribution in [2.75, 3.05) is 6.61 Å². The van der Waals surface area contributed by atoms with E-state index in [1.165, 1.54) is 19.3 Å². The highest BCUT2D eigenvalue weighted by Crippen LogP contribution is 2.25. The number of hydrogen-bond donors (Lipinski definition) is 0. The van der Waals surface area contributed by atoms with Crippen LogP contribution in [-0.2, 0) is 25.7 Å². The van der Waals surface area contributed by atoms with Crippen LogP contribution in [0.2, 0.25) is 0 Å². The SMILES string of the molecule is CCCCCCOc1ccc(CCc2ccc3c(F)c(CCc4cc(F)c(F)c(F)c4)ccc3c2)nc1. The molecule has 4 aromatic rings. The maximum atomic E-state index is 15.1. The van der Waals surface area contributed by atoms with Crippen molar-refractivity contribution in [3.8, 4) is 5.75 Å². The largest absolute Gasteiger partial charge is 0.492 e. The summed E-state index contributed by atoms with van der Waals surface area (Å²) in [6.45, 7) is 2.89. The number of aryl methyl sites for hydroxylation is 4. The minimum Gasteiger partial charge on any atom is -0.492 e. The maximum Gasteiger partial charge on any atom is 0.194 e. The molecule has 0 bridgehead atoms. The molecule has 0 aliphatic carbocycles. The molecule has 0 spiro atoms. The van der Waals surface area contributed by atoms with E-state index >= 15 is 4.39 Å². The second-order valence-electron chi connectivity index (χ2n) is 9.36. The third kappa shape index (κ3) is 7.09. The lowest BCUT2D eigenvalue weighted by molar-refractivity contribution is 0.304. The Morgan fingerprint density at radius 1 is 0.703 bits per heavy atom. The zero-order chi connectivity index (χ0) is 26.2. The molecule has 1 heterocycles. The molecule has 0 amide bonds. The van der Waals surface area contributed by atoms with Crippen molar-refractivity contribution in [2.24, 2.45) is 0 Å². The fourth-order valence-electron chi connectivity index (χ4n) is 4.40. The summed E-state index contributed by atoms with van der Waals surface area (Å²) in [7, 11) is 0. The minimum atomic E-state index is -1.49. The summed E-state index contributed by atoms with van der Waals surface area (Å²) in [6.07, 6.45) is 8.40. The number of nitrogens with zero attached hydrogens (tertiary/aromatic N) is 1. The highest BCUT2D eigenvalue weighted by molar-refractivity contribution is 5.84. The summed E-state index contributed by atoms with van der Waals surface area (Å²) in [5, 5.41) is 1.29. The van der Waals surface area contributed by atoms with Crippen LogP contribution in [0.3, 0.4) is 0 Å². The number of fused-ring (bicyclic) bond motifs is 1. The van der Waals surface area contributed by atoms with Gasteiger partial charge < -0.3 is 4.74 Å². The lowest BCUT2D eigenvalue weighted by Gasteiger charge is -2.10. The van der Waals surface area contributed by atoms with Crippen LogP contribution < -0.4 is 4.74 Å². The number of rotatable bonds is 12. The average molecular weight is 510 g/mol. The Balaban J connectivity index is 1.34. The molecule has 3 aromatic carbocycles. The summed E-state index contributed by atoms with van der Waals surface area (Å²) in [5.41, 5.74) is 2.78. The average Bonchev–Trinajstić information content (AvgIpc) is 2.90. The van der Waals surface area contributed by atoms with Gasteiger partial charge in [0.1, 0.15) is 11.6 Å². The molecule has 37 heavy (non-hydrogen) atoms. The van der Waals surface area contributed by atoms with E-state index < -0.39 is 17.5 Å².